The average Bonchev–Trinajstić information content (AvgIpc) is 2.49. The minimum Gasteiger partial charge on any atom is -0.478 e. The van der Waals surface area contributed by atoms with E-state index in [1.807, 2.05) is 24.3 Å². The van der Waals surface area contributed by atoms with Crippen molar-refractivity contribution in [2.75, 3.05) is 0 Å². The molecule has 1 N–H and O–H groups in total. The number of aromatic nitrogens is 2. The molecular formula is C16H16N2O3. The molecule has 0 spiro atoms. The molecule has 0 atom stereocenters. The van der Waals surface area contributed by atoms with Gasteiger partial charge in [0, 0.05) is 24.0 Å². The molecule has 2 rings (SSSR count). The van der Waals surface area contributed by atoms with Gasteiger partial charge in [-0.3, -0.25) is 0 Å². The summed E-state index contributed by atoms with van der Waals surface area (Å²) in [6.07, 6.45) is 7.62. The van der Waals surface area contributed by atoms with Gasteiger partial charge in [0.2, 0.25) is 0 Å². The van der Waals surface area contributed by atoms with E-state index in [4.69, 9.17) is 9.84 Å². The van der Waals surface area contributed by atoms with Crippen molar-refractivity contribution in [1.29, 1.82) is 0 Å². The van der Waals surface area contributed by atoms with Crippen LogP contribution in [0.1, 0.15) is 24.5 Å². The number of benzene rings is 1. The lowest BCUT2D eigenvalue weighted by molar-refractivity contribution is -0.131. The average molecular weight is 284 g/mol. The Kier molecular flexibility index (Phi) is 5.04. The summed E-state index contributed by atoms with van der Waals surface area (Å²) in [5, 5.41) is 8.53. The number of hydrogen-bond donors (Lipinski definition) is 1. The van der Waals surface area contributed by atoms with Crippen molar-refractivity contribution in [1.82, 2.24) is 9.97 Å². The largest absolute Gasteiger partial charge is 0.478 e. The number of aryl methyl sites for hydroxylation is 1. The van der Waals surface area contributed by atoms with Crippen LogP contribution in [-0.2, 0) is 11.2 Å². The lowest BCUT2D eigenvalue weighted by Gasteiger charge is -2.04. The fraction of sp³-hybridized carbons (Fsp3) is 0.188. The van der Waals surface area contributed by atoms with Gasteiger partial charge in [-0.25, -0.2) is 14.8 Å². The Labute approximate surface area is 122 Å². The van der Waals surface area contributed by atoms with Gasteiger partial charge in [0.1, 0.15) is 5.75 Å². The molecule has 1 aromatic carbocycles. The highest BCUT2D eigenvalue weighted by molar-refractivity contribution is 5.85. The molecule has 0 aliphatic rings. The van der Waals surface area contributed by atoms with E-state index in [9.17, 15) is 4.79 Å². The zero-order valence-electron chi connectivity index (χ0n) is 11.7. The number of carboxylic acids is 1. The third-order valence-corrected chi connectivity index (χ3v) is 2.74. The highest BCUT2D eigenvalue weighted by Gasteiger charge is 2.01. The van der Waals surface area contributed by atoms with E-state index in [1.165, 1.54) is 24.0 Å². The summed E-state index contributed by atoms with van der Waals surface area (Å²) in [4.78, 5) is 18.5. The van der Waals surface area contributed by atoms with E-state index in [-0.39, 0.29) is 6.01 Å². The zero-order chi connectivity index (χ0) is 15.1. The van der Waals surface area contributed by atoms with E-state index in [2.05, 4.69) is 16.9 Å². The molecule has 5 heteroatoms. The molecule has 1 heterocycles. The number of hydrogen-bond acceptors (Lipinski definition) is 4. The van der Waals surface area contributed by atoms with Crippen LogP contribution in [0.15, 0.2) is 42.7 Å². The van der Waals surface area contributed by atoms with Crippen molar-refractivity contribution in [2.24, 2.45) is 0 Å². The Balaban J connectivity index is 2.01. The molecule has 0 radical (unpaired) electrons. The Morgan fingerprint density at radius 1 is 1.24 bits per heavy atom. The van der Waals surface area contributed by atoms with Crippen LogP contribution in [0.3, 0.4) is 0 Å². The van der Waals surface area contributed by atoms with Crippen molar-refractivity contribution in [3.05, 3.63) is 53.9 Å². The van der Waals surface area contributed by atoms with Crippen molar-refractivity contribution < 1.29 is 14.6 Å². The second-order valence-electron chi connectivity index (χ2n) is 4.47. The van der Waals surface area contributed by atoms with Gasteiger partial charge < -0.3 is 9.84 Å². The first kappa shape index (κ1) is 14.7. The first-order valence-electron chi connectivity index (χ1n) is 6.67. The van der Waals surface area contributed by atoms with Crippen LogP contribution in [0, 0.1) is 0 Å². The van der Waals surface area contributed by atoms with Crippen molar-refractivity contribution >= 4 is 12.0 Å². The van der Waals surface area contributed by atoms with Crippen LogP contribution in [0.2, 0.25) is 0 Å². The number of aliphatic carboxylic acids is 1. The Morgan fingerprint density at radius 3 is 2.48 bits per heavy atom. The van der Waals surface area contributed by atoms with Crippen LogP contribution in [0.5, 0.6) is 11.8 Å². The smallest absolute Gasteiger partial charge is 0.328 e. The quantitative estimate of drug-likeness (QED) is 0.824. The fourth-order valence-electron chi connectivity index (χ4n) is 1.75. The van der Waals surface area contributed by atoms with Gasteiger partial charge in [-0.05, 0) is 30.2 Å². The Hall–Kier alpha value is -2.69. The lowest BCUT2D eigenvalue weighted by Crippen LogP contribution is -1.93. The summed E-state index contributed by atoms with van der Waals surface area (Å²) in [6.45, 7) is 2.14. The predicted molar refractivity (Wildman–Crippen MR) is 79.2 cm³/mol. The molecule has 0 bridgehead atoms. The molecule has 0 saturated carbocycles. The first-order chi connectivity index (χ1) is 10.2. The van der Waals surface area contributed by atoms with Gasteiger partial charge in [-0.15, -0.1) is 0 Å². The van der Waals surface area contributed by atoms with Crippen LogP contribution in [0.4, 0.5) is 0 Å². The number of nitrogens with zero attached hydrogens (tertiary/aromatic N) is 2. The van der Waals surface area contributed by atoms with Crippen LogP contribution < -0.4 is 4.74 Å². The normalized spacial score (nSPS) is 10.7. The molecule has 0 saturated heterocycles. The van der Waals surface area contributed by atoms with Crippen molar-refractivity contribution in [3.63, 3.8) is 0 Å². The highest BCUT2D eigenvalue weighted by atomic mass is 16.5. The molecule has 1 aromatic heterocycles. The third kappa shape index (κ3) is 4.72. The van der Waals surface area contributed by atoms with E-state index >= 15 is 0 Å². The topological polar surface area (TPSA) is 72.3 Å². The second-order valence-corrected chi connectivity index (χ2v) is 4.47. The molecule has 0 fully saturated rings. The molecule has 108 valence electrons. The lowest BCUT2D eigenvalue weighted by atomic mass is 10.1. The summed E-state index contributed by atoms with van der Waals surface area (Å²) in [5.41, 5.74) is 1.86. The molecule has 0 aliphatic carbocycles. The molecule has 0 unspecified atom stereocenters. The number of rotatable bonds is 6. The Morgan fingerprint density at radius 2 is 1.90 bits per heavy atom. The summed E-state index contributed by atoms with van der Waals surface area (Å²) in [6, 6.07) is 8.02. The van der Waals surface area contributed by atoms with Crippen molar-refractivity contribution in [2.45, 2.75) is 19.8 Å². The monoisotopic (exact) mass is 284 g/mol. The molecule has 0 aliphatic heterocycles. The molecule has 2 aromatic rings. The summed E-state index contributed by atoms with van der Waals surface area (Å²) >= 11 is 0. The van der Waals surface area contributed by atoms with Gasteiger partial charge in [-0.1, -0.05) is 25.5 Å². The van der Waals surface area contributed by atoms with Crippen LogP contribution in [-0.4, -0.2) is 21.0 Å². The molecular weight excluding hydrogens is 268 g/mol. The second kappa shape index (κ2) is 7.19. The van der Waals surface area contributed by atoms with Gasteiger partial charge in [0.05, 0.1) is 0 Å². The van der Waals surface area contributed by atoms with E-state index in [0.29, 0.717) is 11.3 Å². The highest BCUT2D eigenvalue weighted by Crippen LogP contribution is 2.18. The standard InChI is InChI=1S/C16H16N2O3/c1-2-3-12-4-7-14(8-5-12)21-16-17-10-13(11-18-16)6-9-15(19)20/h4-11H,2-3H2,1H3,(H,19,20)/b9-6+. The predicted octanol–water partition coefficient (Wildman–Crippen LogP) is 3.32. The van der Waals surface area contributed by atoms with E-state index in [0.717, 1.165) is 18.9 Å². The van der Waals surface area contributed by atoms with Crippen LogP contribution >= 0.6 is 0 Å². The fourth-order valence-corrected chi connectivity index (χ4v) is 1.75. The third-order valence-electron chi connectivity index (χ3n) is 2.74. The number of carboxylic acid groups (broad SMARTS) is 1. The van der Waals surface area contributed by atoms with Gasteiger partial charge in [-0.2, -0.15) is 0 Å². The molecule has 5 nitrogen and oxygen atoms in total. The van der Waals surface area contributed by atoms with Gasteiger partial charge in [0.15, 0.2) is 0 Å². The van der Waals surface area contributed by atoms with Crippen molar-refractivity contribution in [3.8, 4) is 11.8 Å². The summed E-state index contributed by atoms with van der Waals surface area (Å²) < 4.78 is 5.53. The minimum atomic E-state index is -1.01. The zero-order valence-corrected chi connectivity index (χ0v) is 11.7. The summed E-state index contributed by atoms with van der Waals surface area (Å²) in [7, 11) is 0. The first-order valence-corrected chi connectivity index (χ1v) is 6.67. The van der Waals surface area contributed by atoms with E-state index in [1.54, 1.807) is 0 Å². The maximum atomic E-state index is 10.4. The summed E-state index contributed by atoms with van der Waals surface area (Å²) in [5.74, 6) is -0.342. The minimum absolute atomic E-state index is 0.228. The maximum Gasteiger partial charge on any atom is 0.328 e. The van der Waals surface area contributed by atoms with E-state index < -0.39 is 5.97 Å². The maximum absolute atomic E-state index is 10.4. The Bertz CT molecular complexity index is 619. The number of ether oxygens (including phenoxy) is 1. The number of carbonyl (C=O) groups is 1. The molecule has 0 amide bonds. The van der Waals surface area contributed by atoms with Crippen LogP contribution in [0.25, 0.3) is 6.08 Å². The van der Waals surface area contributed by atoms with Gasteiger partial charge >= 0.3 is 12.0 Å². The SMILES string of the molecule is CCCc1ccc(Oc2ncc(/C=C/C(=O)O)cn2)cc1. The molecule has 21 heavy (non-hydrogen) atoms. The van der Waals surface area contributed by atoms with Gasteiger partial charge in [0.25, 0.3) is 0 Å².